The Morgan fingerprint density at radius 3 is 3.15 bits per heavy atom. The molecule has 0 spiro atoms. The molecule has 1 amide bonds. The van der Waals surface area contributed by atoms with Crippen molar-refractivity contribution in [3.05, 3.63) is 11.5 Å². The smallest absolute Gasteiger partial charge is 0.240 e. The second-order valence-corrected chi connectivity index (χ2v) is 3.25. The Kier molecular flexibility index (Phi) is 1.72. The summed E-state index contributed by atoms with van der Waals surface area (Å²) in [5.74, 6) is 0.244. The number of rotatable bonds is 1. The van der Waals surface area contributed by atoms with Gasteiger partial charge in [0.25, 0.3) is 0 Å². The maximum Gasteiger partial charge on any atom is 0.240 e. The average molecular weight is 180 g/mol. The molecule has 0 aromatic carbocycles. The van der Waals surface area contributed by atoms with E-state index in [1.165, 1.54) is 0 Å². The molecule has 2 heterocycles. The highest BCUT2D eigenvalue weighted by atomic mass is 16.1. The first-order valence-corrected chi connectivity index (χ1v) is 4.27. The first kappa shape index (κ1) is 8.10. The fourth-order valence-electron chi connectivity index (χ4n) is 1.87. The summed E-state index contributed by atoms with van der Waals surface area (Å²) in [5, 5.41) is 0. The fourth-order valence-corrected chi connectivity index (χ4v) is 1.87. The number of primary amides is 1. The molecular weight excluding hydrogens is 168 g/mol. The van der Waals surface area contributed by atoms with Crippen LogP contribution in [0.5, 0.6) is 0 Å². The molecule has 4 N–H and O–H groups in total. The van der Waals surface area contributed by atoms with Crippen molar-refractivity contribution in [1.29, 1.82) is 0 Å². The summed E-state index contributed by atoms with van der Waals surface area (Å²) >= 11 is 0. The first-order valence-electron chi connectivity index (χ1n) is 4.27. The quantitative estimate of drug-likeness (QED) is 0.551. The van der Waals surface area contributed by atoms with Crippen LogP contribution in [-0.4, -0.2) is 29.6 Å². The van der Waals surface area contributed by atoms with Crippen LogP contribution >= 0.6 is 0 Å². The first-order chi connectivity index (χ1) is 6.20. The lowest BCUT2D eigenvalue weighted by atomic mass is 10.2. The average Bonchev–Trinajstić information content (AvgIpc) is 2.48. The Morgan fingerprint density at radius 1 is 1.69 bits per heavy atom. The molecule has 1 unspecified atom stereocenters. The molecular formula is C8H12N4O. The summed E-state index contributed by atoms with van der Waals surface area (Å²) in [4.78, 5) is 17.0. The summed E-state index contributed by atoms with van der Waals surface area (Å²) in [5.41, 5.74) is 11.9. The van der Waals surface area contributed by atoms with Crippen molar-refractivity contribution in [2.24, 2.45) is 16.5 Å². The lowest BCUT2D eigenvalue weighted by Gasteiger charge is -2.26. The summed E-state index contributed by atoms with van der Waals surface area (Å²) in [7, 11) is 0. The van der Waals surface area contributed by atoms with Gasteiger partial charge in [-0.15, -0.1) is 0 Å². The van der Waals surface area contributed by atoms with Gasteiger partial charge in [0.15, 0.2) is 0 Å². The van der Waals surface area contributed by atoms with Gasteiger partial charge in [-0.05, 0) is 12.8 Å². The zero-order valence-electron chi connectivity index (χ0n) is 7.23. The highest BCUT2D eigenvalue weighted by Gasteiger charge is 2.34. The van der Waals surface area contributed by atoms with Gasteiger partial charge in [-0.3, -0.25) is 4.79 Å². The molecule has 0 saturated carbocycles. The molecule has 2 aliphatic heterocycles. The number of amides is 1. The number of aliphatic imine (C=N–C) groups is 1. The minimum atomic E-state index is -0.280. The van der Waals surface area contributed by atoms with Gasteiger partial charge in [-0.25, -0.2) is 4.99 Å². The molecule has 0 aliphatic carbocycles. The van der Waals surface area contributed by atoms with Gasteiger partial charge in [0.2, 0.25) is 5.91 Å². The molecule has 13 heavy (non-hydrogen) atoms. The lowest BCUT2D eigenvalue weighted by Crippen LogP contribution is -2.41. The Bertz CT molecular complexity index is 307. The summed E-state index contributed by atoms with van der Waals surface area (Å²) in [6.07, 6.45) is 3.27. The molecule has 1 saturated heterocycles. The van der Waals surface area contributed by atoms with E-state index in [4.69, 9.17) is 11.5 Å². The zero-order chi connectivity index (χ0) is 9.42. The van der Waals surface area contributed by atoms with Crippen LogP contribution in [0, 0.1) is 0 Å². The third kappa shape index (κ3) is 1.16. The number of nitrogens with two attached hydrogens (primary N) is 2. The van der Waals surface area contributed by atoms with Crippen LogP contribution in [0.4, 0.5) is 0 Å². The van der Waals surface area contributed by atoms with Gasteiger partial charge in [0.05, 0.1) is 12.2 Å². The molecule has 2 aliphatic rings. The standard InChI is InChI=1S/C8H12N4O/c9-7-5-1-2-6(8(10)13)12(5)4-3-11-7/h3,6H,1-2,4,9H2,(H2,10,13). The van der Waals surface area contributed by atoms with Gasteiger partial charge in [0.1, 0.15) is 11.9 Å². The van der Waals surface area contributed by atoms with E-state index in [0.717, 1.165) is 18.5 Å². The Labute approximate surface area is 76.1 Å². The van der Waals surface area contributed by atoms with Crippen molar-refractivity contribution < 1.29 is 4.79 Å². The topological polar surface area (TPSA) is 84.7 Å². The highest BCUT2D eigenvalue weighted by molar-refractivity contribution is 5.81. The summed E-state index contributed by atoms with van der Waals surface area (Å²) in [6.45, 7) is 0.642. The molecule has 70 valence electrons. The van der Waals surface area contributed by atoms with Crippen molar-refractivity contribution in [2.75, 3.05) is 6.54 Å². The molecule has 0 bridgehead atoms. The predicted molar refractivity (Wildman–Crippen MR) is 48.6 cm³/mol. The maximum atomic E-state index is 11.0. The van der Waals surface area contributed by atoms with E-state index in [9.17, 15) is 4.79 Å². The van der Waals surface area contributed by atoms with Crippen molar-refractivity contribution in [2.45, 2.75) is 18.9 Å². The minimum Gasteiger partial charge on any atom is -0.382 e. The Morgan fingerprint density at radius 2 is 2.46 bits per heavy atom. The largest absolute Gasteiger partial charge is 0.382 e. The molecule has 0 radical (unpaired) electrons. The van der Waals surface area contributed by atoms with E-state index in [1.807, 2.05) is 4.90 Å². The number of carbonyl (C=O) groups is 1. The second kappa shape index (κ2) is 2.76. The summed E-state index contributed by atoms with van der Waals surface area (Å²) in [6, 6.07) is -0.194. The van der Waals surface area contributed by atoms with Crippen molar-refractivity contribution in [3.63, 3.8) is 0 Å². The number of allylic oxidation sites excluding steroid dienone is 1. The van der Waals surface area contributed by atoms with Gasteiger partial charge >= 0.3 is 0 Å². The number of hydrogen-bond acceptors (Lipinski definition) is 4. The van der Waals surface area contributed by atoms with Gasteiger partial charge in [-0.2, -0.15) is 0 Å². The number of hydrogen-bond donors (Lipinski definition) is 2. The van der Waals surface area contributed by atoms with Crippen molar-refractivity contribution >= 4 is 12.1 Å². The third-order valence-corrected chi connectivity index (χ3v) is 2.51. The van der Waals surface area contributed by atoms with Crippen LogP contribution < -0.4 is 11.5 Å². The molecule has 2 rings (SSSR count). The number of nitrogens with zero attached hydrogens (tertiary/aromatic N) is 2. The SMILES string of the molecule is NC(=O)C1CCC2=C(N)N=CCN21. The number of carbonyl (C=O) groups excluding carboxylic acids is 1. The van der Waals surface area contributed by atoms with Crippen LogP contribution in [0.25, 0.3) is 0 Å². The van der Waals surface area contributed by atoms with Crippen LogP contribution in [0.15, 0.2) is 16.5 Å². The fraction of sp³-hybridized carbons (Fsp3) is 0.500. The van der Waals surface area contributed by atoms with Crippen LogP contribution in [0.1, 0.15) is 12.8 Å². The molecule has 5 nitrogen and oxygen atoms in total. The summed E-state index contributed by atoms with van der Waals surface area (Å²) < 4.78 is 0. The van der Waals surface area contributed by atoms with E-state index in [1.54, 1.807) is 6.21 Å². The van der Waals surface area contributed by atoms with Crippen molar-refractivity contribution in [1.82, 2.24) is 4.90 Å². The molecule has 1 fully saturated rings. The van der Waals surface area contributed by atoms with E-state index in [2.05, 4.69) is 4.99 Å². The van der Waals surface area contributed by atoms with E-state index in [0.29, 0.717) is 12.4 Å². The monoisotopic (exact) mass is 180 g/mol. The normalized spacial score (nSPS) is 26.5. The van der Waals surface area contributed by atoms with E-state index in [-0.39, 0.29) is 11.9 Å². The van der Waals surface area contributed by atoms with Gasteiger partial charge in [0, 0.05) is 6.21 Å². The Hall–Kier alpha value is -1.52. The molecule has 1 atom stereocenters. The molecule has 5 heteroatoms. The zero-order valence-corrected chi connectivity index (χ0v) is 7.23. The lowest BCUT2D eigenvalue weighted by molar-refractivity contribution is -0.121. The van der Waals surface area contributed by atoms with Crippen LogP contribution in [0.2, 0.25) is 0 Å². The van der Waals surface area contributed by atoms with Gasteiger partial charge < -0.3 is 16.4 Å². The predicted octanol–water partition coefficient (Wildman–Crippen LogP) is -0.852. The minimum absolute atomic E-state index is 0.194. The molecule has 0 aromatic rings. The third-order valence-electron chi connectivity index (χ3n) is 2.51. The van der Waals surface area contributed by atoms with Gasteiger partial charge in [-0.1, -0.05) is 0 Å². The molecule has 0 aromatic heterocycles. The number of fused-ring (bicyclic) bond motifs is 1. The van der Waals surface area contributed by atoms with E-state index < -0.39 is 0 Å². The second-order valence-electron chi connectivity index (χ2n) is 3.25. The van der Waals surface area contributed by atoms with E-state index >= 15 is 0 Å². The maximum absolute atomic E-state index is 11.0. The van der Waals surface area contributed by atoms with Crippen LogP contribution in [-0.2, 0) is 4.79 Å². The highest BCUT2D eigenvalue weighted by Crippen LogP contribution is 2.29. The Balaban J connectivity index is 2.28. The van der Waals surface area contributed by atoms with Crippen LogP contribution in [0.3, 0.4) is 0 Å². The van der Waals surface area contributed by atoms with Crippen molar-refractivity contribution in [3.8, 4) is 0 Å².